The molecular weight excluding hydrogens is 272 g/mol. The summed E-state index contributed by atoms with van der Waals surface area (Å²) >= 11 is 1.76. The predicted octanol–water partition coefficient (Wildman–Crippen LogP) is 1.35. The highest BCUT2D eigenvalue weighted by atomic mass is 35.5. The standard InChI is InChI=1S/C12H16N2O2S.ClH/c1-16-6-9(13)12(15)14-10-7-17-11-5-3-2-4-8(10)11;/h2-5,9-10H,6-7,13H2,1H3,(H,14,15);1H. The molecule has 1 aliphatic rings. The lowest BCUT2D eigenvalue weighted by atomic mass is 10.1. The van der Waals surface area contributed by atoms with Crippen LogP contribution in [0.1, 0.15) is 11.6 Å². The number of methoxy groups -OCH3 is 1. The molecule has 100 valence electrons. The molecule has 0 bridgehead atoms. The molecule has 0 radical (unpaired) electrons. The Hall–Kier alpha value is -0.750. The molecular formula is C12H17ClN2O2S. The van der Waals surface area contributed by atoms with Gasteiger partial charge < -0.3 is 15.8 Å². The van der Waals surface area contributed by atoms with E-state index in [0.29, 0.717) is 0 Å². The molecule has 1 heterocycles. The fourth-order valence-electron chi connectivity index (χ4n) is 1.82. The van der Waals surface area contributed by atoms with Crippen LogP contribution in [-0.4, -0.2) is 31.4 Å². The van der Waals surface area contributed by atoms with Gasteiger partial charge in [0.05, 0.1) is 12.6 Å². The predicted molar refractivity (Wildman–Crippen MR) is 75.1 cm³/mol. The van der Waals surface area contributed by atoms with E-state index >= 15 is 0 Å². The number of carbonyl (C=O) groups excluding carboxylic acids is 1. The van der Waals surface area contributed by atoms with Crippen LogP contribution in [0.4, 0.5) is 0 Å². The van der Waals surface area contributed by atoms with E-state index < -0.39 is 6.04 Å². The fourth-order valence-corrected chi connectivity index (χ4v) is 2.98. The smallest absolute Gasteiger partial charge is 0.239 e. The minimum absolute atomic E-state index is 0. The van der Waals surface area contributed by atoms with E-state index in [1.54, 1.807) is 11.8 Å². The number of ether oxygens (including phenoxy) is 1. The summed E-state index contributed by atoms with van der Waals surface area (Å²) in [5, 5.41) is 2.95. The Morgan fingerprint density at radius 3 is 3.06 bits per heavy atom. The lowest BCUT2D eigenvalue weighted by Crippen LogP contribution is -2.44. The van der Waals surface area contributed by atoms with Crippen molar-refractivity contribution in [1.29, 1.82) is 0 Å². The van der Waals surface area contributed by atoms with Crippen molar-refractivity contribution in [2.75, 3.05) is 19.5 Å². The Bertz CT molecular complexity index is 417. The average molecular weight is 289 g/mol. The molecule has 0 fully saturated rings. The fraction of sp³-hybridized carbons (Fsp3) is 0.417. The summed E-state index contributed by atoms with van der Waals surface area (Å²) in [7, 11) is 1.54. The van der Waals surface area contributed by atoms with Gasteiger partial charge in [-0.05, 0) is 11.6 Å². The van der Waals surface area contributed by atoms with E-state index in [2.05, 4.69) is 11.4 Å². The molecule has 1 aromatic carbocycles. The van der Waals surface area contributed by atoms with Gasteiger partial charge in [0, 0.05) is 17.8 Å². The summed E-state index contributed by atoms with van der Waals surface area (Å²) in [6.45, 7) is 0.243. The molecule has 18 heavy (non-hydrogen) atoms. The van der Waals surface area contributed by atoms with E-state index in [-0.39, 0.29) is 31.0 Å². The van der Waals surface area contributed by atoms with Crippen LogP contribution in [0.5, 0.6) is 0 Å². The number of hydrogen-bond acceptors (Lipinski definition) is 4. The highest BCUT2D eigenvalue weighted by Gasteiger charge is 2.25. The van der Waals surface area contributed by atoms with Crippen molar-refractivity contribution < 1.29 is 9.53 Å². The first-order chi connectivity index (χ1) is 8.22. The number of halogens is 1. The number of hydrogen-bond donors (Lipinski definition) is 2. The molecule has 1 aliphatic heterocycles. The number of nitrogens with two attached hydrogens (primary N) is 1. The summed E-state index contributed by atoms with van der Waals surface area (Å²) in [5.74, 6) is 0.708. The minimum Gasteiger partial charge on any atom is -0.383 e. The highest BCUT2D eigenvalue weighted by molar-refractivity contribution is 7.99. The monoisotopic (exact) mass is 288 g/mol. The van der Waals surface area contributed by atoms with Crippen molar-refractivity contribution in [1.82, 2.24) is 5.32 Å². The quantitative estimate of drug-likeness (QED) is 0.878. The minimum atomic E-state index is -0.599. The summed E-state index contributed by atoms with van der Waals surface area (Å²) in [6, 6.07) is 7.57. The SMILES string of the molecule is COCC(N)C(=O)NC1CSc2ccccc21.Cl. The molecule has 3 N–H and O–H groups in total. The van der Waals surface area contributed by atoms with Crippen LogP contribution in [0.2, 0.25) is 0 Å². The second kappa shape index (κ2) is 6.99. The number of fused-ring (bicyclic) bond motifs is 1. The molecule has 2 atom stereocenters. The van der Waals surface area contributed by atoms with Gasteiger partial charge >= 0.3 is 0 Å². The van der Waals surface area contributed by atoms with Crippen LogP contribution in [-0.2, 0) is 9.53 Å². The number of carbonyl (C=O) groups is 1. The van der Waals surface area contributed by atoms with Crippen molar-refractivity contribution in [2.24, 2.45) is 5.73 Å². The van der Waals surface area contributed by atoms with Gasteiger partial charge in [0.1, 0.15) is 6.04 Å². The van der Waals surface area contributed by atoms with E-state index in [0.717, 1.165) is 5.75 Å². The first-order valence-corrected chi connectivity index (χ1v) is 6.47. The number of amides is 1. The molecule has 2 unspecified atom stereocenters. The Labute approximate surface area is 117 Å². The van der Waals surface area contributed by atoms with Crippen LogP contribution in [0.3, 0.4) is 0 Å². The maximum absolute atomic E-state index is 11.8. The molecule has 0 aliphatic carbocycles. The van der Waals surface area contributed by atoms with Crippen molar-refractivity contribution >= 4 is 30.1 Å². The Balaban J connectivity index is 0.00000162. The lowest BCUT2D eigenvalue weighted by molar-refractivity contribution is -0.124. The van der Waals surface area contributed by atoms with Gasteiger partial charge in [0.25, 0.3) is 0 Å². The highest BCUT2D eigenvalue weighted by Crippen LogP contribution is 2.37. The van der Waals surface area contributed by atoms with Crippen LogP contribution in [0.25, 0.3) is 0 Å². The molecule has 4 nitrogen and oxygen atoms in total. The molecule has 0 aromatic heterocycles. The van der Waals surface area contributed by atoms with E-state index in [9.17, 15) is 4.79 Å². The topological polar surface area (TPSA) is 64.3 Å². The van der Waals surface area contributed by atoms with Crippen LogP contribution >= 0.6 is 24.2 Å². The van der Waals surface area contributed by atoms with Gasteiger partial charge in [0.15, 0.2) is 0 Å². The summed E-state index contributed by atoms with van der Waals surface area (Å²) in [5.41, 5.74) is 6.86. The van der Waals surface area contributed by atoms with E-state index in [1.165, 1.54) is 17.6 Å². The maximum atomic E-state index is 11.8. The summed E-state index contributed by atoms with van der Waals surface area (Å²) in [4.78, 5) is 13.0. The zero-order valence-corrected chi connectivity index (χ0v) is 11.7. The summed E-state index contributed by atoms with van der Waals surface area (Å²) < 4.78 is 4.87. The first-order valence-electron chi connectivity index (χ1n) is 5.49. The molecule has 1 amide bonds. The maximum Gasteiger partial charge on any atom is 0.239 e. The molecule has 0 saturated heterocycles. The third-order valence-electron chi connectivity index (χ3n) is 2.70. The third-order valence-corrected chi connectivity index (χ3v) is 3.88. The van der Waals surface area contributed by atoms with Crippen LogP contribution in [0, 0.1) is 0 Å². The van der Waals surface area contributed by atoms with E-state index in [4.69, 9.17) is 10.5 Å². The number of nitrogens with one attached hydrogen (secondary N) is 1. The van der Waals surface area contributed by atoms with Crippen molar-refractivity contribution in [3.63, 3.8) is 0 Å². The first kappa shape index (κ1) is 15.3. The van der Waals surface area contributed by atoms with E-state index in [1.807, 2.05) is 18.2 Å². The Morgan fingerprint density at radius 2 is 2.33 bits per heavy atom. The second-order valence-corrected chi connectivity index (χ2v) is 5.03. The average Bonchev–Trinajstić information content (AvgIpc) is 2.73. The van der Waals surface area contributed by atoms with Gasteiger partial charge in [-0.15, -0.1) is 24.2 Å². The van der Waals surface area contributed by atoms with Gasteiger partial charge in [-0.25, -0.2) is 0 Å². The molecule has 2 rings (SSSR count). The van der Waals surface area contributed by atoms with Crippen LogP contribution in [0.15, 0.2) is 29.2 Å². The van der Waals surface area contributed by atoms with Gasteiger partial charge in [-0.3, -0.25) is 4.79 Å². The molecule has 6 heteroatoms. The normalized spacial score (nSPS) is 18.7. The van der Waals surface area contributed by atoms with Gasteiger partial charge in [-0.2, -0.15) is 0 Å². The van der Waals surface area contributed by atoms with Gasteiger partial charge in [-0.1, -0.05) is 18.2 Å². The van der Waals surface area contributed by atoms with Crippen molar-refractivity contribution in [2.45, 2.75) is 17.0 Å². The second-order valence-electron chi connectivity index (χ2n) is 3.97. The summed E-state index contributed by atoms with van der Waals surface area (Å²) in [6.07, 6.45) is 0. The number of benzene rings is 1. The Morgan fingerprint density at radius 1 is 1.61 bits per heavy atom. The van der Waals surface area contributed by atoms with Crippen molar-refractivity contribution in [3.05, 3.63) is 29.8 Å². The lowest BCUT2D eigenvalue weighted by Gasteiger charge is -2.16. The molecule has 1 aromatic rings. The largest absolute Gasteiger partial charge is 0.383 e. The zero-order chi connectivity index (χ0) is 12.3. The number of thioether (sulfide) groups is 1. The molecule has 0 spiro atoms. The number of rotatable bonds is 4. The van der Waals surface area contributed by atoms with Crippen LogP contribution < -0.4 is 11.1 Å². The molecule has 0 saturated carbocycles. The van der Waals surface area contributed by atoms with Crippen molar-refractivity contribution in [3.8, 4) is 0 Å². The van der Waals surface area contributed by atoms with Gasteiger partial charge in [0.2, 0.25) is 5.91 Å². The zero-order valence-electron chi connectivity index (χ0n) is 10.1. The third kappa shape index (κ3) is 3.38. The Kier molecular flexibility index (Phi) is 5.95.